The molecular weight excluding hydrogens is 255 g/mol. The van der Waals surface area contributed by atoms with Crippen molar-refractivity contribution in [2.75, 3.05) is 13.7 Å². The van der Waals surface area contributed by atoms with E-state index in [1.165, 1.54) is 13.2 Å². The Kier molecular flexibility index (Phi) is 6.05. The average Bonchev–Trinajstić information content (AvgIpc) is 2.37. The van der Waals surface area contributed by atoms with Crippen LogP contribution in [-0.2, 0) is 4.74 Å². The van der Waals surface area contributed by atoms with Crippen molar-refractivity contribution >= 4 is 0 Å². The molecule has 2 nitrogen and oxygen atoms in total. The molecule has 0 bridgehead atoms. The van der Waals surface area contributed by atoms with Gasteiger partial charge in [-0.05, 0) is 12.0 Å². The van der Waals surface area contributed by atoms with Crippen LogP contribution in [0.5, 0.6) is 0 Å². The van der Waals surface area contributed by atoms with E-state index in [0.29, 0.717) is 0 Å². The molecule has 0 saturated carbocycles. The van der Waals surface area contributed by atoms with Crippen LogP contribution in [0.4, 0.5) is 13.2 Å². The Morgan fingerprint density at radius 1 is 1.32 bits per heavy atom. The molecule has 19 heavy (non-hydrogen) atoms. The molecule has 0 radical (unpaired) electrons. The third-order valence-electron chi connectivity index (χ3n) is 2.74. The monoisotopic (exact) mass is 273 g/mol. The molecule has 0 fully saturated rings. The highest BCUT2D eigenvalue weighted by Gasteiger charge is 2.39. The molecule has 106 valence electrons. The summed E-state index contributed by atoms with van der Waals surface area (Å²) in [6, 6.07) is 6.82. The molecule has 0 aliphatic carbocycles. The minimum absolute atomic E-state index is 0.170. The summed E-state index contributed by atoms with van der Waals surface area (Å²) in [4.78, 5) is 0. The summed E-state index contributed by atoms with van der Waals surface area (Å²) in [5, 5.41) is 2.59. The van der Waals surface area contributed by atoms with E-state index in [-0.39, 0.29) is 13.0 Å². The Morgan fingerprint density at radius 3 is 2.42 bits per heavy atom. The molecule has 1 aromatic rings. The lowest BCUT2D eigenvalue weighted by Crippen LogP contribution is -2.44. The summed E-state index contributed by atoms with van der Waals surface area (Å²) in [6.07, 6.45) is -3.22. The van der Waals surface area contributed by atoms with Crippen molar-refractivity contribution in [1.82, 2.24) is 5.32 Å². The highest BCUT2D eigenvalue weighted by Crippen LogP contribution is 2.26. The topological polar surface area (TPSA) is 21.3 Å². The standard InChI is InChI=1S/C14H18F3NO/c1-3-7-13(14(15,16)17)18-12(10-19-2)11-8-5-4-6-9-11/h3-6,8-9,12-13,18H,1,7,10H2,2H3/t12-,13?/m1/s1. The number of rotatable bonds is 7. The Hall–Kier alpha value is -1.33. The van der Waals surface area contributed by atoms with Gasteiger partial charge in [0.25, 0.3) is 0 Å². The minimum atomic E-state index is -4.31. The summed E-state index contributed by atoms with van der Waals surface area (Å²) < 4.78 is 43.6. The zero-order valence-electron chi connectivity index (χ0n) is 10.8. The van der Waals surface area contributed by atoms with Gasteiger partial charge in [-0.2, -0.15) is 13.2 Å². The predicted molar refractivity (Wildman–Crippen MR) is 68.9 cm³/mol. The van der Waals surface area contributed by atoms with Crippen molar-refractivity contribution in [2.45, 2.75) is 24.7 Å². The zero-order valence-corrected chi connectivity index (χ0v) is 10.8. The maximum absolute atomic E-state index is 12.9. The molecule has 0 amide bonds. The number of methoxy groups -OCH3 is 1. The van der Waals surface area contributed by atoms with E-state index in [2.05, 4.69) is 11.9 Å². The van der Waals surface area contributed by atoms with E-state index in [0.717, 1.165) is 5.56 Å². The third-order valence-corrected chi connectivity index (χ3v) is 2.74. The number of nitrogens with one attached hydrogen (secondary N) is 1. The molecule has 0 heterocycles. The van der Waals surface area contributed by atoms with E-state index in [1.807, 2.05) is 6.07 Å². The smallest absolute Gasteiger partial charge is 0.383 e. The van der Waals surface area contributed by atoms with E-state index in [4.69, 9.17) is 4.74 Å². The molecule has 0 aliphatic rings. The summed E-state index contributed by atoms with van der Waals surface area (Å²) in [5.74, 6) is 0. The second-order valence-corrected chi connectivity index (χ2v) is 4.20. The second kappa shape index (κ2) is 7.31. The number of alkyl halides is 3. The van der Waals surface area contributed by atoms with Gasteiger partial charge >= 0.3 is 6.18 Å². The molecule has 1 N–H and O–H groups in total. The van der Waals surface area contributed by atoms with E-state index < -0.39 is 18.3 Å². The van der Waals surface area contributed by atoms with E-state index in [9.17, 15) is 13.2 Å². The fourth-order valence-corrected chi connectivity index (χ4v) is 1.80. The highest BCUT2D eigenvalue weighted by molar-refractivity contribution is 5.19. The number of hydrogen-bond acceptors (Lipinski definition) is 2. The van der Waals surface area contributed by atoms with Gasteiger partial charge in [0.1, 0.15) is 6.04 Å². The molecule has 0 aliphatic heterocycles. The van der Waals surface area contributed by atoms with Crippen molar-refractivity contribution in [3.8, 4) is 0 Å². The Bertz CT molecular complexity index is 378. The lowest BCUT2D eigenvalue weighted by Gasteiger charge is -2.26. The molecule has 1 rings (SSSR count). The van der Waals surface area contributed by atoms with Crippen molar-refractivity contribution < 1.29 is 17.9 Å². The molecule has 1 unspecified atom stereocenters. The molecule has 0 aromatic heterocycles. The van der Waals surface area contributed by atoms with Crippen LogP contribution in [0.1, 0.15) is 18.0 Å². The Balaban J connectivity index is 2.84. The van der Waals surface area contributed by atoms with Gasteiger partial charge in [0.15, 0.2) is 0 Å². The first kappa shape index (κ1) is 15.7. The quantitative estimate of drug-likeness (QED) is 0.768. The number of benzene rings is 1. The van der Waals surface area contributed by atoms with Crippen LogP contribution in [0.2, 0.25) is 0 Å². The summed E-state index contributed by atoms with van der Waals surface area (Å²) in [6.45, 7) is 3.54. The first-order valence-corrected chi connectivity index (χ1v) is 5.96. The van der Waals surface area contributed by atoms with Gasteiger partial charge < -0.3 is 4.74 Å². The number of hydrogen-bond donors (Lipinski definition) is 1. The van der Waals surface area contributed by atoms with Gasteiger partial charge in [-0.1, -0.05) is 36.4 Å². The van der Waals surface area contributed by atoms with Gasteiger partial charge in [0.2, 0.25) is 0 Å². The van der Waals surface area contributed by atoms with Gasteiger partial charge in [0, 0.05) is 7.11 Å². The fourth-order valence-electron chi connectivity index (χ4n) is 1.80. The van der Waals surface area contributed by atoms with Crippen LogP contribution < -0.4 is 5.32 Å². The van der Waals surface area contributed by atoms with Crippen molar-refractivity contribution in [3.05, 3.63) is 48.6 Å². The molecule has 5 heteroatoms. The van der Waals surface area contributed by atoms with Crippen molar-refractivity contribution in [1.29, 1.82) is 0 Å². The SMILES string of the molecule is C=CCC(N[C@H](COC)c1ccccc1)C(F)(F)F. The van der Waals surface area contributed by atoms with Crippen LogP contribution in [0, 0.1) is 0 Å². The minimum Gasteiger partial charge on any atom is -0.383 e. The number of halogens is 3. The lowest BCUT2D eigenvalue weighted by atomic mass is 10.1. The highest BCUT2D eigenvalue weighted by atomic mass is 19.4. The molecule has 2 atom stereocenters. The van der Waals surface area contributed by atoms with Gasteiger partial charge in [-0.3, -0.25) is 5.32 Å². The normalized spacial score (nSPS) is 14.9. The van der Waals surface area contributed by atoms with Crippen molar-refractivity contribution in [3.63, 3.8) is 0 Å². The lowest BCUT2D eigenvalue weighted by molar-refractivity contribution is -0.157. The first-order valence-electron chi connectivity index (χ1n) is 5.96. The van der Waals surface area contributed by atoms with Crippen LogP contribution in [-0.4, -0.2) is 25.9 Å². The van der Waals surface area contributed by atoms with Gasteiger partial charge in [-0.25, -0.2) is 0 Å². The molecular formula is C14H18F3NO. The number of ether oxygens (including phenoxy) is 1. The van der Waals surface area contributed by atoms with Crippen molar-refractivity contribution in [2.24, 2.45) is 0 Å². The van der Waals surface area contributed by atoms with Gasteiger partial charge in [0.05, 0.1) is 12.6 Å². The predicted octanol–water partition coefficient (Wildman–Crippen LogP) is 3.47. The van der Waals surface area contributed by atoms with Crippen LogP contribution in [0.15, 0.2) is 43.0 Å². The Morgan fingerprint density at radius 2 is 1.95 bits per heavy atom. The molecule has 0 spiro atoms. The van der Waals surface area contributed by atoms with E-state index >= 15 is 0 Å². The maximum atomic E-state index is 12.9. The Labute approximate surface area is 111 Å². The maximum Gasteiger partial charge on any atom is 0.404 e. The van der Waals surface area contributed by atoms with Crippen LogP contribution in [0.3, 0.4) is 0 Å². The van der Waals surface area contributed by atoms with Crippen LogP contribution in [0.25, 0.3) is 0 Å². The summed E-state index contributed by atoms with van der Waals surface area (Å²) in [5.41, 5.74) is 0.766. The second-order valence-electron chi connectivity index (χ2n) is 4.20. The summed E-state index contributed by atoms with van der Waals surface area (Å²) in [7, 11) is 1.47. The fraction of sp³-hybridized carbons (Fsp3) is 0.429. The third kappa shape index (κ3) is 5.04. The largest absolute Gasteiger partial charge is 0.404 e. The van der Waals surface area contributed by atoms with E-state index in [1.54, 1.807) is 24.3 Å². The van der Waals surface area contributed by atoms with Crippen LogP contribution >= 0.6 is 0 Å². The molecule has 1 aromatic carbocycles. The first-order chi connectivity index (χ1) is 8.99. The zero-order chi connectivity index (χ0) is 14.3. The average molecular weight is 273 g/mol. The molecule has 0 saturated heterocycles. The van der Waals surface area contributed by atoms with Gasteiger partial charge in [-0.15, -0.1) is 6.58 Å². The summed E-state index contributed by atoms with van der Waals surface area (Å²) >= 11 is 0.